The first-order valence-electron chi connectivity index (χ1n) is 6.84. The molecule has 1 fully saturated rings. The fraction of sp³-hybridized carbons (Fsp3) is 0.467. The fourth-order valence-electron chi connectivity index (χ4n) is 2.28. The van der Waals surface area contributed by atoms with Crippen LogP contribution in [0.15, 0.2) is 28.7 Å². The van der Waals surface area contributed by atoms with E-state index in [9.17, 15) is 9.59 Å². The summed E-state index contributed by atoms with van der Waals surface area (Å²) in [6.07, 6.45) is 1.48. The van der Waals surface area contributed by atoms with E-state index in [-0.39, 0.29) is 5.91 Å². The number of amides is 1. The van der Waals surface area contributed by atoms with Gasteiger partial charge in [0.15, 0.2) is 0 Å². The van der Waals surface area contributed by atoms with Crippen LogP contribution in [-0.4, -0.2) is 37.7 Å². The average Bonchev–Trinajstić information content (AvgIpc) is 3.00. The lowest BCUT2D eigenvalue weighted by Crippen LogP contribution is -2.47. The van der Waals surface area contributed by atoms with E-state index in [1.54, 1.807) is 0 Å². The quantitative estimate of drug-likeness (QED) is 0.818. The highest BCUT2D eigenvalue weighted by molar-refractivity contribution is 9.10. The standard InChI is InChI=1S/C15H18BrNO4/c1-20-15(19)12(9-10-4-2-5-11(16)8-10)17-14(18)13-6-3-7-21-13/h2,4-5,8,12-13H,3,6-7,9H2,1H3,(H,17,18)/t12-,13-/m1/s1. The van der Waals surface area contributed by atoms with Crippen molar-refractivity contribution in [3.8, 4) is 0 Å². The summed E-state index contributed by atoms with van der Waals surface area (Å²) in [4.78, 5) is 23.9. The van der Waals surface area contributed by atoms with Gasteiger partial charge >= 0.3 is 5.97 Å². The number of esters is 1. The third-order valence-corrected chi connectivity index (χ3v) is 3.85. The molecule has 0 unspecified atom stereocenters. The minimum absolute atomic E-state index is 0.252. The van der Waals surface area contributed by atoms with Gasteiger partial charge in [0, 0.05) is 17.5 Å². The molecule has 0 spiro atoms. The van der Waals surface area contributed by atoms with E-state index in [1.807, 2.05) is 24.3 Å². The van der Waals surface area contributed by atoms with E-state index in [4.69, 9.17) is 9.47 Å². The van der Waals surface area contributed by atoms with E-state index < -0.39 is 18.1 Å². The highest BCUT2D eigenvalue weighted by Gasteiger charge is 2.28. The summed E-state index contributed by atoms with van der Waals surface area (Å²) in [7, 11) is 1.31. The lowest BCUT2D eigenvalue weighted by molar-refractivity contribution is -0.146. The number of methoxy groups -OCH3 is 1. The zero-order chi connectivity index (χ0) is 15.2. The average molecular weight is 356 g/mol. The van der Waals surface area contributed by atoms with Crippen molar-refractivity contribution in [1.82, 2.24) is 5.32 Å². The molecule has 0 aliphatic carbocycles. The monoisotopic (exact) mass is 355 g/mol. The maximum Gasteiger partial charge on any atom is 0.328 e. The number of ether oxygens (including phenoxy) is 2. The molecule has 6 heteroatoms. The van der Waals surface area contributed by atoms with E-state index in [2.05, 4.69) is 21.2 Å². The number of nitrogens with one attached hydrogen (secondary N) is 1. The molecule has 0 saturated carbocycles. The molecule has 1 aromatic rings. The van der Waals surface area contributed by atoms with E-state index >= 15 is 0 Å². The van der Waals surface area contributed by atoms with Crippen molar-refractivity contribution in [2.75, 3.05) is 13.7 Å². The summed E-state index contributed by atoms with van der Waals surface area (Å²) >= 11 is 3.39. The Bertz CT molecular complexity index is 514. The summed E-state index contributed by atoms with van der Waals surface area (Å²) in [5.41, 5.74) is 0.937. The molecule has 5 nitrogen and oxygen atoms in total. The molecule has 1 aliphatic rings. The molecule has 1 N–H and O–H groups in total. The van der Waals surface area contributed by atoms with Gasteiger partial charge in [0.2, 0.25) is 5.91 Å². The van der Waals surface area contributed by atoms with Gasteiger partial charge in [-0.2, -0.15) is 0 Å². The van der Waals surface area contributed by atoms with Gasteiger partial charge in [0.25, 0.3) is 0 Å². The van der Waals surface area contributed by atoms with Crippen LogP contribution in [0.2, 0.25) is 0 Å². The van der Waals surface area contributed by atoms with Gasteiger partial charge in [0.1, 0.15) is 12.1 Å². The van der Waals surface area contributed by atoms with Crippen molar-refractivity contribution < 1.29 is 19.1 Å². The van der Waals surface area contributed by atoms with Crippen molar-refractivity contribution in [3.05, 3.63) is 34.3 Å². The van der Waals surface area contributed by atoms with E-state index in [1.165, 1.54) is 7.11 Å². The van der Waals surface area contributed by atoms with Gasteiger partial charge in [-0.25, -0.2) is 4.79 Å². The van der Waals surface area contributed by atoms with E-state index in [0.29, 0.717) is 19.4 Å². The molecule has 1 aliphatic heterocycles. The molecule has 1 amide bonds. The van der Waals surface area contributed by atoms with Crippen molar-refractivity contribution >= 4 is 27.8 Å². The van der Waals surface area contributed by atoms with Gasteiger partial charge in [-0.3, -0.25) is 4.79 Å². The Hall–Kier alpha value is -1.40. The predicted molar refractivity (Wildman–Crippen MR) is 80.8 cm³/mol. The second-order valence-electron chi connectivity index (χ2n) is 4.92. The van der Waals surface area contributed by atoms with Crippen molar-refractivity contribution in [2.45, 2.75) is 31.4 Å². The Balaban J connectivity index is 2.03. The minimum atomic E-state index is -0.707. The molecule has 0 aromatic heterocycles. The molecule has 2 atom stereocenters. The maximum absolute atomic E-state index is 12.1. The zero-order valence-electron chi connectivity index (χ0n) is 11.8. The van der Waals surface area contributed by atoms with Gasteiger partial charge in [-0.05, 0) is 30.5 Å². The molecular formula is C15H18BrNO4. The molecule has 2 rings (SSSR count). The SMILES string of the molecule is COC(=O)[C@@H](Cc1cccc(Br)c1)NC(=O)[C@H]1CCCO1. The smallest absolute Gasteiger partial charge is 0.328 e. The van der Waals surface area contributed by atoms with Crippen LogP contribution >= 0.6 is 15.9 Å². The largest absolute Gasteiger partial charge is 0.467 e. The summed E-state index contributed by atoms with van der Waals surface area (Å²) in [5, 5.41) is 2.72. The predicted octanol–water partition coefficient (Wildman–Crippen LogP) is 1.83. The number of hydrogen-bond acceptors (Lipinski definition) is 4. The summed E-state index contributed by atoms with van der Waals surface area (Å²) < 4.78 is 11.0. The van der Waals surface area contributed by atoms with Crippen LogP contribution < -0.4 is 5.32 Å². The minimum Gasteiger partial charge on any atom is -0.467 e. The zero-order valence-corrected chi connectivity index (χ0v) is 13.4. The molecule has 1 aromatic carbocycles. The second kappa shape index (κ2) is 7.56. The Morgan fingerprint density at radius 3 is 2.95 bits per heavy atom. The third kappa shape index (κ3) is 4.54. The normalized spacial score (nSPS) is 19.0. The number of benzene rings is 1. The van der Waals surface area contributed by atoms with Gasteiger partial charge in [-0.1, -0.05) is 28.1 Å². The van der Waals surface area contributed by atoms with Crippen molar-refractivity contribution in [2.24, 2.45) is 0 Å². The van der Waals surface area contributed by atoms with Crippen LogP contribution in [-0.2, 0) is 25.5 Å². The summed E-state index contributed by atoms with van der Waals surface area (Å²) in [6.45, 7) is 0.590. The topological polar surface area (TPSA) is 64.6 Å². The number of carbonyl (C=O) groups is 2. The Kier molecular flexibility index (Phi) is 5.76. The van der Waals surface area contributed by atoms with Crippen molar-refractivity contribution in [1.29, 1.82) is 0 Å². The lowest BCUT2D eigenvalue weighted by atomic mass is 10.1. The molecule has 0 radical (unpaired) electrons. The fourth-order valence-corrected chi connectivity index (χ4v) is 2.73. The molecule has 114 valence electrons. The number of carbonyl (C=O) groups excluding carboxylic acids is 2. The van der Waals surface area contributed by atoms with E-state index in [0.717, 1.165) is 16.5 Å². The van der Waals surface area contributed by atoms with Crippen LogP contribution in [0.4, 0.5) is 0 Å². The first-order valence-corrected chi connectivity index (χ1v) is 7.63. The summed E-state index contributed by atoms with van der Waals surface area (Å²) in [6, 6.07) is 6.89. The Morgan fingerprint density at radius 1 is 1.52 bits per heavy atom. The highest BCUT2D eigenvalue weighted by atomic mass is 79.9. The number of hydrogen-bond donors (Lipinski definition) is 1. The molecular weight excluding hydrogens is 338 g/mol. The first kappa shape index (κ1) is 16.0. The number of rotatable bonds is 5. The van der Waals surface area contributed by atoms with Crippen LogP contribution in [0, 0.1) is 0 Å². The molecule has 21 heavy (non-hydrogen) atoms. The van der Waals surface area contributed by atoms with Crippen molar-refractivity contribution in [3.63, 3.8) is 0 Å². The van der Waals surface area contributed by atoms with Crippen LogP contribution in [0.25, 0.3) is 0 Å². The van der Waals surface area contributed by atoms with Gasteiger partial charge < -0.3 is 14.8 Å². The highest BCUT2D eigenvalue weighted by Crippen LogP contribution is 2.15. The molecule has 1 saturated heterocycles. The molecule has 0 bridgehead atoms. The van der Waals surface area contributed by atoms with Crippen LogP contribution in [0.3, 0.4) is 0 Å². The first-order chi connectivity index (χ1) is 10.1. The Labute approximate surface area is 132 Å². The third-order valence-electron chi connectivity index (χ3n) is 3.35. The summed E-state index contributed by atoms with van der Waals surface area (Å²) in [5.74, 6) is -0.709. The van der Waals surface area contributed by atoms with Crippen LogP contribution in [0.5, 0.6) is 0 Å². The van der Waals surface area contributed by atoms with Gasteiger partial charge in [-0.15, -0.1) is 0 Å². The lowest BCUT2D eigenvalue weighted by Gasteiger charge is -2.19. The number of halogens is 1. The second-order valence-corrected chi connectivity index (χ2v) is 5.84. The Morgan fingerprint density at radius 2 is 2.33 bits per heavy atom. The maximum atomic E-state index is 12.1. The van der Waals surface area contributed by atoms with Gasteiger partial charge in [0.05, 0.1) is 7.11 Å². The molecule has 1 heterocycles. The van der Waals surface area contributed by atoms with Crippen LogP contribution in [0.1, 0.15) is 18.4 Å².